The van der Waals surface area contributed by atoms with Crippen LogP contribution in [0.15, 0.2) is 24.7 Å². The highest BCUT2D eigenvalue weighted by molar-refractivity contribution is 6.08. The molecule has 1 amide bonds. The maximum atomic E-state index is 13.8. The van der Waals surface area contributed by atoms with Gasteiger partial charge in [0.2, 0.25) is 0 Å². The summed E-state index contributed by atoms with van der Waals surface area (Å²) in [6, 6.07) is 1.91. The summed E-state index contributed by atoms with van der Waals surface area (Å²) >= 11 is 0. The minimum absolute atomic E-state index is 0.0217. The molecule has 2 aliphatic rings. The van der Waals surface area contributed by atoms with Crippen LogP contribution >= 0.6 is 0 Å². The molecule has 0 radical (unpaired) electrons. The highest BCUT2D eigenvalue weighted by Crippen LogP contribution is 2.34. The molecule has 0 unspecified atom stereocenters. The Kier molecular flexibility index (Phi) is 6.65. The lowest BCUT2D eigenvalue weighted by molar-refractivity contribution is 0.0985. The molecule has 5 rings (SSSR count). The first kappa shape index (κ1) is 23.6. The van der Waals surface area contributed by atoms with Crippen molar-refractivity contribution in [1.29, 1.82) is 0 Å². The normalized spacial score (nSPS) is 23.2. The fraction of sp³-hybridized carbons (Fsp3) is 0.565. The Bertz CT molecular complexity index is 1190. The van der Waals surface area contributed by atoms with Crippen molar-refractivity contribution in [1.82, 2.24) is 24.4 Å². The molecule has 2 N–H and O–H groups in total. The zero-order valence-corrected chi connectivity index (χ0v) is 19.5. The number of anilines is 2. The SMILES string of the molecule is C[C@@H]1COCCN1c1ccn2ncc(C(=O)Nc3cn([C@H]4CC[C@H](CO)CC4)nc3C(F)F)c2n1. The molecular weight excluding hydrogens is 460 g/mol. The van der Waals surface area contributed by atoms with Crippen molar-refractivity contribution >= 4 is 23.1 Å². The third-order valence-electron chi connectivity index (χ3n) is 6.92. The van der Waals surface area contributed by atoms with Crippen LogP contribution in [0.4, 0.5) is 20.3 Å². The number of aliphatic hydroxyl groups is 1. The lowest BCUT2D eigenvalue weighted by atomic mass is 9.87. The van der Waals surface area contributed by atoms with Gasteiger partial charge in [-0.3, -0.25) is 9.48 Å². The van der Waals surface area contributed by atoms with Crippen LogP contribution < -0.4 is 10.2 Å². The summed E-state index contributed by atoms with van der Waals surface area (Å²) in [4.78, 5) is 19.9. The molecule has 0 bridgehead atoms. The molecule has 3 aromatic heterocycles. The third kappa shape index (κ3) is 4.72. The van der Waals surface area contributed by atoms with Crippen molar-refractivity contribution in [3.05, 3.63) is 35.9 Å². The molecule has 1 aliphatic heterocycles. The number of carbonyl (C=O) groups excluding carboxylic acids is 1. The molecule has 2 fully saturated rings. The number of carbonyl (C=O) groups is 1. The number of aliphatic hydroxyl groups excluding tert-OH is 1. The highest BCUT2D eigenvalue weighted by Gasteiger charge is 2.28. The Labute approximate surface area is 200 Å². The van der Waals surface area contributed by atoms with E-state index in [1.54, 1.807) is 6.20 Å². The number of nitrogens with zero attached hydrogens (tertiary/aromatic N) is 6. The summed E-state index contributed by atoms with van der Waals surface area (Å²) in [5.41, 5.74) is 0.0395. The van der Waals surface area contributed by atoms with Gasteiger partial charge in [-0.15, -0.1) is 0 Å². The van der Waals surface area contributed by atoms with Gasteiger partial charge >= 0.3 is 0 Å². The van der Waals surface area contributed by atoms with Gasteiger partial charge < -0.3 is 20.1 Å². The Morgan fingerprint density at radius 2 is 2.11 bits per heavy atom. The number of aromatic nitrogens is 5. The number of ether oxygens (including phenoxy) is 1. The van der Waals surface area contributed by atoms with E-state index in [-0.39, 0.29) is 35.9 Å². The topological polar surface area (TPSA) is 110 Å². The zero-order valence-electron chi connectivity index (χ0n) is 19.5. The summed E-state index contributed by atoms with van der Waals surface area (Å²) in [6.07, 6.45) is 4.85. The number of nitrogens with one attached hydrogen (secondary N) is 1. The van der Waals surface area contributed by atoms with E-state index in [0.29, 0.717) is 31.2 Å². The van der Waals surface area contributed by atoms with Gasteiger partial charge in [0.25, 0.3) is 12.3 Å². The minimum Gasteiger partial charge on any atom is -0.396 e. The largest absolute Gasteiger partial charge is 0.396 e. The van der Waals surface area contributed by atoms with Crippen LogP contribution in [0.3, 0.4) is 0 Å². The number of hydrogen-bond acceptors (Lipinski definition) is 7. The van der Waals surface area contributed by atoms with Gasteiger partial charge in [0.1, 0.15) is 11.4 Å². The lowest BCUT2D eigenvalue weighted by Crippen LogP contribution is -2.44. The molecular formula is C23H29F2N7O3. The molecule has 0 spiro atoms. The standard InChI is InChI=1S/C23H29F2N7O3/c1-14-13-35-9-8-30(14)19-6-7-31-22(28-19)17(10-26-31)23(34)27-18-11-32(29-20(18)21(24)25)16-4-2-15(12-33)3-5-16/h6-7,10-11,14-16,21,33H,2-5,8-9,12-13H2,1H3,(H,27,34)/t14-,15-,16-/m1/s1. The number of hydrogen-bond donors (Lipinski definition) is 2. The molecule has 3 aromatic rings. The van der Waals surface area contributed by atoms with Gasteiger partial charge in [0.15, 0.2) is 11.3 Å². The maximum Gasteiger partial charge on any atom is 0.284 e. The van der Waals surface area contributed by atoms with Crippen molar-refractivity contribution < 1.29 is 23.4 Å². The smallest absolute Gasteiger partial charge is 0.284 e. The third-order valence-corrected chi connectivity index (χ3v) is 6.92. The van der Waals surface area contributed by atoms with Crippen LogP contribution in [-0.4, -0.2) is 67.8 Å². The van der Waals surface area contributed by atoms with E-state index in [2.05, 4.69) is 25.4 Å². The number of rotatable bonds is 6. The average molecular weight is 490 g/mol. The van der Waals surface area contributed by atoms with E-state index >= 15 is 0 Å². The number of fused-ring (bicyclic) bond motifs is 1. The Morgan fingerprint density at radius 3 is 2.83 bits per heavy atom. The first-order valence-corrected chi connectivity index (χ1v) is 11.9. The summed E-state index contributed by atoms with van der Waals surface area (Å²) < 4.78 is 36.0. The number of halogens is 2. The quantitative estimate of drug-likeness (QED) is 0.548. The Morgan fingerprint density at radius 1 is 1.31 bits per heavy atom. The van der Waals surface area contributed by atoms with E-state index in [0.717, 1.165) is 25.7 Å². The van der Waals surface area contributed by atoms with Crippen molar-refractivity contribution in [3.8, 4) is 0 Å². The summed E-state index contributed by atoms with van der Waals surface area (Å²) in [6.45, 7) is 4.02. The van der Waals surface area contributed by atoms with Crippen LogP contribution in [0.2, 0.25) is 0 Å². The molecule has 35 heavy (non-hydrogen) atoms. The average Bonchev–Trinajstić information content (AvgIpc) is 3.48. The van der Waals surface area contributed by atoms with E-state index in [4.69, 9.17) is 4.74 Å². The van der Waals surface area contributed by atoms with E-state index in [1.807, 2.05) is 13.0 Å². The summed E-state index contributed by atoms with van der Waals surface area (Å²) in [7, 11) is 0. The van der Waals surface area contributed by atoms with Crippen LogP contribution in [-0.2, 0) is 4.74 Å². The van der Waals surface area contributed by atoms with Gasteiger partial charge in [-0.25, -0.2) is 18.3 Å². The second kappa shape index (κ2) is 9.86. The molecule has 10 nitrogen and oxygen atoms in total. The Hall–Kier alpha value is -3.12. The second-order valence-electron chi connectivity index (χ2n) is 9.25. The first-order chi connectivity index (χ1) is 16.9. The molecule has 1 saturated carbocycles. The Balaban J connectivity index is 1.39. The molecule has 0 aromatic carbocycles. The molecule has 1 atom stereocenters. The second-order valence-corrected chi connectivity index (χ2v) is 9.25. The van der Waals surface area contributed by atoms with Crippen LogP contribution in [0.1, 0.15) is 61.1 Å². The van der Waals surface area contributed by atoms with Crippen molar-refractivity contribution in [3.63, 3.8) is 0 Å². The minimum atomic E-state index is -2.84. The van der Waals surface area contributed by atoms with Gasteiger partial charge in [0.05, 0.1) is 37.2 Å². The van der Waals surface area contributed by atoms with Crippen LogP contribution in [0, 0.1) is 5.92 Å². The summed E-state index contributed by atoms with van der Waals surface area (Å²) in [5, 5.41) is 20.3. The molecule has 1 saturated heterocycles. The first-order valence-electron chi connectivity index (χ1n) is 11.9. The van der Waals surface area contributed by atoms with Gasteiger partial charge in [0, 0.05) is 25.5 Å². The number of alkyl halides is 2. The predicted octanol–water partition coefficient (Wildman–Crippen LogP) is 3.06. The number of morpholine rings is 1. The zero-order chi connectivity index (χ0) is 24.5. The monoisotopic (exact) mass is 489 g/mol. The van der Waals surface area contributed by atoms with E-state index in [1.165, 1.54) is 21.6 Å². The summed E-state index contributed by atoms with van der Waals surface area (Å²) in [5.74, 6) is 0.358. The van der Waals surface area contributed by atoms with Gasteiger partial charge in [-0.1, -0.05) is 0 Å². The molecule has 1 aliphatic carbocycles. The molecule has 12 heteroatoms. The van der Waals surface area contributed by atoms with Crippen LogP contribution in [0.25, 0.3) is 5.65 Å². The highest BCUT2D eigenvalue weighted by atomic mass is 19.3. The maximum absolute atomic E-state index is 13.8. The fourth-order valence-electron chi connectivity index (χ4n) is 4.88. The molecule has 4 heterocycles. The van der Waals surface area contributed by atoms with Gasteiger partial charge in [-0.05, 0) is 44.6 Å². The van der Waals surface area contributed by atoms with Crippen molar-refractivity contribution in [2.75, 3.05) is 36.6 Å². The van der Waals surface area contributed by atoms with Crippen molar-refractivity contribution in [2.24, 2.45) is 5.92 Å². The van der Waals surface area contributed by atoms with Crippen LogP contribution in [0.5, 0.6) is 0 Å². The fourth-order valence-corrected chi connectivity index (χ4v) is 4.88. The lowest BCUT2D eigenvalue weighted by Gasteiger charge is -2.34. The number of amides is 1. The predicted molar refractivity (Wildman–Crippen MR) is 124 cm³/mol. The molecule has 188 valence electrons. The van der Waals surface area contributed by atoms with Crippen molar-refractivity contribution in [2.45, 2.75) is 51.1 Å². The van der Waals surface area contributed by atoms with Gasteiger partial charge in [-0.2, -0.15) is 10.2 Å². The van der Waals surface area contributed by atoms with E-state index < -0.39 is 18.0 Å². The van der Waals surface area contributed by atoms with E-state index in [9.17, 15) is 18.7 Å².